The van der Waals surface area contributed by atoms with Crippen LogP contribution in [0.25, 0.3) is 0 Å². The first kappa shape index (κ1) is 13.6. The van der Waals surface area contributed by atoms with Crippen LogP contribution < -0.4 is 5.32 Å². The van der Waals surface area contributed by atoms with Gasteiger partial charge in [0.1, 0.15) is 0 Å². The molecule has 0 radical (unpaired) electrons. The molecular formula is C15H27N3. The van der Waals surface area contributed by atoms with Crippen LogP contribution in [0.1, 0.15) is 57.6 Å². The summed E-state index contributed by atoms with van der Waals surface area (Å²) in [5, 5.41) is 7.91. The minimum absolute atomic E-state index is 0.489. The lowest BCUT2D eigenvalue weighted by Gasteiger charge is -2.33. The molecule has 1 aromatic rings. The van der Waals surface area contributed by atoms with Crippen molar-refractivity contribution in [1.82, 2.24) is 15.1 Å². The first-order valence-electron chi connectivity index (χ1n) is 7.48. The summed E-state index contributed by atoms with van der Waals surface area (Å²) in [6.45, 7) is 5.42. The van der Waals surface area contributed by atoms with Gasteiger partial charge < -0.3 is 5.32 Å². The Balaban J connectivity index is 2.00. The van der Waals surface area contributed by atoms with E-state index in [1.165, 1.54) is 37.7 Å². The molecule has 18 heavy (non-hydrogen) atoms. The molecule has 1 N–H and O–H groups in total. The molecular weight excluding hydrogens is 222 g/mol. The van der Waals surface area contributed by atoms with Crippen LogP contribution >= 0.6 is 0 Å². The van der Waals surface area contributed by atoms with E-state index < -0.39 is 0 Å². The van der Waals surface area contributed by atoms with Crippen molar-refractivity contribution >= 4 is 0 Å². The third-order valence-corrected chi connectivity index (χ3v) is 4.59. The lowest BCUT2D eigenvalue weighted by Crippen LogP contribution is -2.28. The molecule has 3 nitrogen and oxygen atoms in total. The number of aromatic nitrogens is 2. The summed E-state index contributed by atoms with van der Waals surface area (Å²) in [4.78, 5) is 0. The van der Waals surface area contributed by atoms with Crippen molar-refractivity contribution in [1.29, 1.82) is 0 Å². The number of aryl methyl sites for hydroxylation is 1. The summed E-state index contributed by atoms with van der Waals surface area (Å²) in [5.74, 6) is 1.75. The van der Waals surface area contributed by atoms with Gasteiger partial charge in [0.25, 0.3) is 0 Å². The van der Waals surface area contributed by atoms with Crippen molar-refractivity contribution < 1.29 is 0 Å². The Morgan fingerprint density at radius 3 is 2.56 bits per heavy atom. The summed E-state index contributed by atoms with van der Waals surface area (Å²) in [7, 11) is 2.08. The van der Waals surface area contributed by atoms with Gasteiger partial charge in [-0.1, -0.05) is 26.2 Å². The third-order valence-electron chi connectivity index (χ3n) is 4.59. The highest BCUT2D eigenvalue weighted by Gasteiger charge is 2.27. The number of rotatable bonds is 5. The number of nitrogens with one attached hydrogen (secondary N) is 1. The molecule has 1 heterocycles. The largest absolute Gasteiger partial charge is 0.313 e. The molecule has 1 aliphatic carbocycles. The first-order valence-corrected chi connectivity index (χ1v) is 7.48. The van der Waals surface area contributed by atoms with Crippen molar-refractivity contribution in [2.24, 2.45) is 11.8 Å². The van der Waals surface area contributed by atoms with E-state index in [4.69, 9.17) is 0 Å². The van der Waals surface area contributed by atoms with Crippen molar-refractivity contribution in [3.63, 3.8) is 0 Å². The van der Waals surface area contributed by atoms with Crippen LogP contribution in [0.2, 0.25) is 0 Å². The summed E-state index contributed by atoms with van der Waals surface area (Å²) in [6, 6.07) is 0.489. The van der Waals surface area contributed by atoms with Gasteiger partial charge in [0.15, 0.2) is 0 Å². The molecule has 1 atom stereocenters. The van der Waals surface area contributed by atoms with Gasteiger partial charge in [0, 0.05) is 24.3 Å². The molecule has 2 rings (SSSR count). The van der Waals surface area contributed by atoms with Crippen LogP contribution in [0.5, 0.6) is 0 Å². The zero-order chi connectivity index (χ0) is 13.0. The molecule has 1 aliphatic rings. The second kappa shape index (κ2) is 6.37. The van der Waals surface area contributed by atoms with Crippen molar-refractivity contribution in [3.8, 4) is 0 Å². The van der Waals surface area contributed by atoms with E-state index in [-0.39, 0.29) is 0 Å². The lowest BCUT2D eigenvalue weighted by atomic mass is 9.76. The molecule has 0 aliphatic heterocycles. The highest BCUT2D eigenvalue weighted by Crippen LogP contribution is 2.37. The first-order chi connectivity index (χ1) is 8.78. The number of nitrogens with zero attached hydrogens (tertiary/aromatic N) is 2. The fourth-order valence-corrected chi connectivity index (χ4v) is 3.32. The minimum atomic E-state index is 0.489. The molecule has 0 aromatic carbocycles. The summed E-state index contributed by atoms with van der Waals surface area (Å²) in [6.07, 6.45) is 11.1. The smallest absolute Gasteiger partial charge is 0.0537 e. The topological polar surface area (TPSA) is 29.9 Å². The average molecular weight is 249 g/mol. The van der Waals surface area contributed by atoms with E-state index in [1.807, 2.05) is 10.9 Å². The van der Waals surface area contributed by atoms with Crippen LogP contribution in [0.15, 0.2) is 12.4 Å². The van der Waals surface area contributed by atoms with Gasteiger partial charge in [0.2, 0.25) is 0 Å². The maximum Gasteiger partial charge on any atom is 0.0537 e. The fraction of sp³-hybridized carbons (Fsp3) is 0.800. The Bertz CT molecular complexity index is 350. The maximum atomic E-state index is 4.41. The van der Waals surface area contributed by atoms with Gasteiger partial charge in [0.05, 0.1) is 6.20 Å². The highest BCUT2D eigenvalue weighted by molar-refractivity contribution is 5.12. The van der Waals surface area contributed by atoms with Crippen LogP contribution in [-0.2, 0) is 6.54 Å². The quantitative estimate of drug-likeness (QED) is 0.867. The Morgan fingerprint density at radius 2 is 2.06 bits per heavy atom. The van der Waals surface area contributed by atoms with E-state index in [2.05, 4.69) is 37.5 Å². The molecule has 102 valence electrons. The Labute approximate surface area is 111 Å². The van der Waals surface area contributed by atoms with Gasteiger partial charge in [-0.05, 0) is 38.6 Å². The summed E-state index contributed by atoms with van der Waals surface area (Å²) in [5.41, 5.74) is 1.36. The van der Waals surface area contributed by atoms with E-state index in [9.17, 15) is 0 Å². The molecule has 1 saturated carbocycles. The van der Waals surface area contributed by atoms with Crippen molar-refractivity contribution in [3.05, 3.63) is 18.0 Å². The molecule has 1 unspecified atom stereocenters. The van der Waals surface area contributed by atoms with Crippen molar-refractivity contribution in [2.45, 2.75) is 58.5 Å². The SMILES string of the molecule is CCC1CCC(C(NC)c2cnn(CC)c2)CC1. The van der Waals surface area contributed by atoms with Gasteiger partial charge in [-0.3, -0.25) is 4.68 Å². The maximum absolute atomic E-state index is 4.41. The standard InChI is InChI=1S/C15H27N3/c1-4-12-6-8-13(9-7-12)15(16-3)14-10-17-18(5-2)11-14/h10-13,15-16H,4-9H2,1-3H3. The normalized spacial score (nSPS) is 26.2. The van der Waals surface area contributed by atoms with E-state index in [0.717, 1.165) is 18.4 Å². The monoisotopic (exact) mass is 249 g/mol. The molecule has 0 bridgehead atoms. The second-order valence-corrected chi connectivity index (χ2v) is 5.58. The molecule has 0 saturated heterocycles. The average Bonchev–Trinajstić information content (AvgIpc) is 2.89. The van der Waals surface area contributed by atoms with Crippen molar-refractivity contribution in [2.75, 3.05) is 7.05 Å². The van der Waals surface area contributed by atoms with E-state index in [0.29, 0.717) is 6.04 Å². The minimum Gasteiger partial charge on any atom is -0.313 e. The predicted octanol–water partition coefficient (Wildman–Crippen LogP) is 3.38. The molecule has 1 aromatic heterocycles. The Kier molecular flexibility index (Phi) is 4.81. The number of hydrogen-bond donors (Lipinski definition) is 1. The fourth-order valence-electron chi connectivity index (χ4n) is 3.32. The van der Waals surface area contributed by atoms with E-state index in [1.54, 1.807) is 0 Å². The zero-order valence-electron chi connectivity index (χ0n) is 12.0. The highest BCUT2D eigenvalue weighted by atomic mass is 15.3. The van der Waals surface area contributed by atoms with E-state index >= 15 is 0 Å². The molecule has 0 spiro atoms. The van der Waals surface area contributed by atoms with Crippen LogP contribution in [0, 0.1) is 11.8 Å². The predicted molar refractivity (Wildman–Crippen MR) is 75.4 cm³/mol. The zero-order valence-corrected chi connectivity index (χ0v) is 12.0. The second-order valence-electron chi connectivity index (χ2n) is 5.58. The van der Waals surface area contributed by atoms with Gasteiger partial charge in [-0.15, -0.1) is 0 Å². The summed E-state index contributed by atoms with van der Waals surface area (Å²) >= 11 is 0. The Hall–Kier alpha value is -0.830. The molecule has 3 heteroatoms. The molecule has 1 fully saturated rings. The van der Waals surface area contributed by atoms with Gasteiger partial charge >= 0.3 is 0 Å². The van der Waals surface area contributed by atoms with Gasteiger partial charge in [-0.25, -0.2) is 0 Å². The lowest BCUT2D eigenvalue weighted by molar-refractivity contribution is 0.224. The van der Waals surface area contributed by atoms with Crippen LogP contribution in [0.4, 0.5) is 0 Å². The summed E-state index contributed by atoms with van der Waals surface area (Å²) < 4.78 is 2.03. The van der Waals surface area contributed by atoms with Gasteiger partial charge in [-0.2, -0.15) is 5.10 Å². The third kappa shape index (κ3) is 2.94. The molecule has 0 amide bonds. The Morgan fingerprint density at radius 1 is 1.33 bits per heavy atom. The van der Waals surface area contributed by atoms with Crippen LogP contribution in [0.3, 0.4) is 0 Å². The number of hydrogen-bond acceptors (Lipinski definition) is 2. The van der Waals surface area contributed by atoms with Crippen LogP contribution in [-0.4, -0.2) is 16.8 Å².